The van der Waals surface area contributed by atoms with E-state index < -0.39 is 0 Å². The van der Waals surface area contributed by atoms with Gasteiger partial charge in [-0.05, 0) is 53.9 Å². The number of piperidine rings is 1. The van der Waals surface area contributed by atoms with Crippen molar-refractivity contribution >= 4 is 23.6 Å². The van der Waals surface area contributed by atoms with Gasteiger partial charge in [-0.1, -0.05) is 29.8 Å². The number of amides is 1. The van der Waals surface area contributed by atoms with Crippen LogP contribution in [0.15, 0.2) is 48.5 Å². The molecular weight excluding hydrogens is 334 g/mol. The minimum atomic E-state index is 0.125. The fourth-order valence-corrected chi connectivity index (χ4v) is 3.58. The van der Waals surface area contributed by atoms with Crippen molar-refractivity contribution in [1.82, 2.24) is 4.90 Å². The molecule has 0 radical (unpaired) electrons. The van der Waals surface area contributed by atoms with Crippen LogP contribution in [0.4, 0.5) is 0 Å². The SMILES string of the molecule is O=C(c1ccc2c(c1)CC=C2)N1CCC(Oc2ccc(Cl)cc2)CC1. The third-order valence-electron chi connectivity index (χ3n) is 4.87. The van der Waals surface area contributed by atoms with Gasteiger partial charge in [0.2, 0.25) is 0 Å². The van der Waals surface area contributed by atoms with E-state index in [-0.39, 0.29) is 12.0 Å². The van der Waals surface area contributed by atoms with Crippen molar-refractivity contribution in [2.45, 2.75) is 25.4 Å². The molecule has 2 aliphatic rings. The van der Waals surface area contributed by atoms with Gasteiger partial charge in [-0.2, -0.15) is 0 Å². The van der Waals surface area contributed by atoms with Crippen LogP contribution in [0.1, 0.15) is 34.3 Å². The highest BCUT2D eigenvalue weighted by Crippen LogP contribution is 2.24. The first-order chi connectivity index (χ1) is 12.2. The molecule has 1 heterocycles. The summed E-state index contributed by atoms with van der Waals surface area (Å²) in [7, 11) is 0. The Balaban J connectivity index is 1.35. The van der Waals surface area contributed by atoms with E-state index in [4.69, 9.17) is 16.3 Å². The maximum absolute atomic E-state index is 12.8. The standard InChI is InChI=1S/C21H20ClNO2/c22-18-6-8-19(9-7-18)25-20-10-12-23(13-11-20)21(24)17-5-4-15-2-1-3-16(15)14-17/h1-2,4-9,14,20H,3,10-13H2. The van der Waals surface area contributed by atoms with Crippen LogP contribution in [0, 0.1) is 0 Å². The Kier molecular flexibility index (Phi) is 4.50. The van der Waals surface area contributed by atoms with Crippen molar-refractivity contribution in [3.05, 3.63) is 70.3 Å². The number of rotatable bonds is 3. The molecule has 128 valence electrons. The van der Waals surface area contributed by atoms with Gasteiger partial charge in [-0.15, -0.1) is 0 Å². The van der Waals surface area contributed by atoms with E-state index in [0.29, 0.717) is 5.02 Å². The second-order valence-electron chi connectivity index (χ2n) is 6.58. The normalized spacial score (nSPS) is 16.8. The summed E-state index contributed by atoms with van der Waals surface area (Å²) < 4.78 is 6.00. The van der Waals surface area contributed by atoms with Crippen molar-refractivity contribution in [1.29, 1.82) is 0 Å². The highest BCUT2D eigenvalue weighted by atomic mass is 35.5. The van der Waals surface area contributed by atoms with Crippen molar-refractivity contribution in [2.24, 2.45) is 0 Å². The highest BCUT2D eigenvalue weighted by Gasteiger charge is 2.25. The van der Waals surface area contributed by atoms with Crippen molar-refractivity contribution in [3.8, 4) is 5.75 Å². The minimum Gasteiger partial charge on any atom is -0.490 e. The monoisotopic (exact) mass is 353 g/mol. The summed E-state index contributed by atoms with van der Waals surface area (Å²) in [6.07, 6.45) is 7.02. The lowest BCUT2D eigenvalue weighted by Gasteiger charge is -2.32. The molecular formula is C21H20ClNO2. The fourth-order valence-electron chi connectivity index (χ4n) is 3.46. The van der Waals surface area contributed by atoms with Gasteiger partial charge in [-0.25, -0.2) is 0 Å². The van der Waals surface area contributed by atoms with Crippen LogP contribution in [0.3, 0.4) is 0 Å². The predicted molar refractivity (Wildman–Crippen MR) is 100 cm³/mol. The Bertz CT molecular complexity index is 805. The second-order valence-corrected chi connectivity index (χ2v) is 7.02. The van der Waals surface area contributed by atoms with Gasteiger partial charge in [0.1, 0.15) is 11.9 Å². The average Bonchev–Trinajstić information content (AvgIpc) is 3.11. The summed E-state index contributed by atoms with van der Waals surface area (Å²) in [4.78, 5) is 14.7. The van der Waals surface area contributed by atoms with E-state index >= 15 is 0 Å². The summed E-state index contributed by atoms with van der Waals surface area (Å²) in [5.74, 6) is 0.958. The fraction of sp³-hybridized carbons (Fsp3) is 0.286. The maximum Gasteiger partial charge on any atom is 0.253 e. The lowest BCUT2D eigenvalue weighted by Crippen LogP contribution is -2.41. The van der Waals surface area contributed by atoms with Crippen molar-refractivity contribution in [2.75, 3.05) is 13.1 Å². The molecule has 1 saturated heterocycles. The van der Waals surface area contributed by atoms with Crippen LogP contribution in [-0.2, 0) is 6.42 Å². The van der Waals surface area contributed by atoms with Crippen LogP contribution in [0.2, 0.25) is 5.02 Å². The lowest BCUT2D eigenvalue weighted by atomic mass is 10.0. The van der Waals surface area contributed by atoms with E-state index in [1.807, 2.05) is 47.4 Å². The highest BCUT2D eigenvalue weighted by molar-refractivity contribution is 6.30. The summed E-state index contributed by atoms with van der Waals surface area (Å²) in [5, 5.41) is 0.706. The number of fused-ring (bicyclic) bond motifs is 1. The van der Waals surface area contributed by atoms with E-state index in [1.54, 1.807) is 0 Å². The Labute approximate surface area is 152 Å². The Morgan fingerprint density at radius 1 is 1.08 bits per heavy atom. The van der Waals surface area contributed by atoms with Gasteiger partial charge >= 0.3 is 0 Å². The number of allylic oxidation sites excluding steroid dienone is 1. The molecule has 0 saturated carbocycles. The first kappa shape index (κ1) is 16.2. The number of benzene rings is 2. The van der Waals surface area contributed by atoms with Gasteiger partial charge in [0, 0.05) is 36.5 Å². The summed E-state index contributed by atoms with van der Waals surface area (Å²) in [5.41, 5.74) is 3.26. The number of carbonyl (C=O) groups is 1. The van der Waals surface area contributed by atoms with Gasteiger partial charge < -0.3 is 9.64 Å². The van der Waals surface area contributed by atoms with Crippen LogP contribution in [-0.4, -0.2) is 30.0 Å². The number of nitrogens with zero attached hydrogens (tertiary/aromatic N) is 1. The van der Waals surface area contributed by atoms with Gasteiger partial charge in [0.05, 0.1) is 0 Å². The molecule has 0 bridgehead atoms. The van der Waals surface area contributed by atoms with E-state index in [0.717, 1.165) is 43.7 Å². The van der Waals surface area contributed by atoms with Crippen LogP contribution < -0.4 is 4.74 Å². The van der Waals surface area contributed by atoms with E-state index in [9.17, 15) is 4.79 Å². The molecule has 0 atom stereocenters. The number of hydrogen-bond donors (Lipinski definition) is 0. The number of halogens is 1. The predicted octanol–water partition coefficient (Wildman–Crippen LogP) is 4.59. The topological polar surface area (TPSA) is 29.5 Å². The number of hydrogen-bond acceptors (Lipinski definition) is 2. The molecule has 1 aliphatic carbocycles. The molecule has 0 aromatic heterocycles. The molecule has 1 fully saturated rings. The van der Waals surface area contributed by atoms with Crippen molar-refractivity contribution < 1.29 is 9.53 Å². The van der Waals surface area contributed by atoms with Gasteiger partial charge in [0.25, 0.3) is 5.91 Å². The second kappa shape index (κ2) is 6.93. The average molecular weight is 354 g/mol. The Morgan fingerprint density at radius 2 is 1.84 bits per heavy atom. The first-order valence-electron chi connectivity index (χ1n) is 8.70. The molecule has 0 spiro atoms. The van der Waals surface area contributed by atoms with Gasteiger partial charge in [0.15, 0.2) is 0 Å². The number of likely N-dealkylation sites (tertiary alicyclic amines) is 1. The zero-order valence-corrected chi connectivity index (χ0v) is 14.7. The van der Waals surface area contributed by atoms with Crippen molar-refractivity contribution in [3.63, 3.8) is 0 Å². The zero-order valence-electron chi connectivity index (χ0n) is 14.0. The maximum atomic E-state index is 12.8. The molecule has 1 amide bonds. The van der Waals surface area contributed by atoms with Crippen LogP contribution in [0.25, 0.3) is 6.08 Å². The summed E-state index contributed by atoms with van der Waals surface area (Å²) >= 11 is 5.90. The summed E-state index contributed by atoms with van der Waals surface area (Å²) in [6, 6.07) is 13.5. The van der Waals surface area contributed by atoms with Crippen LogP contribution >= 0.6 is 11.6 Å². The zero-order chi connectivity index (χ0) is 17.2. The van der Waals surface area contributed by atoms with E-state index in [1.165, 1.54) is 11.1 Å². The minimum absolute atomic E-state index is 0.125. The van der Waals surface area contributed by atoms with Gasteiger partial charge in [-0.3, -0.25) is 4.79 Å². The summed E-state index contributed by atoms with van der Waals surface area (Å²) in [6.45, 7) is 1.46. The molecule has 25 heavy (non-hydrogen) atoms. The van der Waals surface area contributed by atoms with Crippen LogP contribution in [0.5, 0.6) is 5.75 Å². The molecule has 3 nitrogen and oxygen atoms in total. The molecule has 0 unspecified atom stereocenters. The molecule has 2 aromatic carbocycles. The third kappa shape index (κ3) is 3.57. The number of carbonyl (C=O) groups excluding carboxylic acids is 1. The molecule has 1 aliphatic heterocycles. The first-order valence-corrected chi connectivity index (χ1v) is 9.08. The third-order valence-corrected chi connectivity index (χ3v) is 5.12. The quantitative estimate of drug-likeness (QED) is 0.807. The Hall–Kier alpha value is -2.26. The largest absolute Gasteiger partial charge is 0.490 e. The lowest BCUT2D eigenvalue weighted by molar-refractivity contribution is 0.0595. The smallest absolute Gasteiger partial charge is 0.253 e. The number of ether oxygens (including phenoxy) is 1. The Morgan fingerprint density at radius 3 is 2.60 bits per heavy atom. The molecule has 4 rings (SSSR count). The molecule has 4 heteroatoms. The van der Waals surface area contributed by atoms with E-state index in [2.05, 4.69) is 12.2 Å². The molecule has 2 aromatic rings. The molecule has 0 N–H and O–H groups in total.